The van der Waals surface area contributed by atoms with Gasteiger partial charge in [0, 0.05) is 12.2 Å². The molecule has 1 aromatic carbocycles. The summed E-state index contributed by atoms with van der Waals surface area (Å²) in [5.74, 6) is -0.392. The number of anilines is 1. The summed E-state index contributed by atoms with van der Waals surface area (Å²) in [6.07, 6.45) is 1.13. The maximum absolute atomic E-state index is 13.9. The van der Waals surface area contributed by atoms with Gasteiger partial charge in [-0.25, -0.2) is 9.18 Å². The number of aryl methyl sites for hydroxylation is 1. The topological polar surface area (TPSA) is 82.8 Å². The minimum atomic E-state index is -0.724. The van der Waals surface area contributed by atoms with Crippen LogP contribution in [0.25, 0.3) is 6.08 Å². The van der Waals surface area contributed by atoms with Crippen LogP contribution in [0.1, 0.15) is 59.6 Å². The van der Waals surface area contributed by atoms with Gasteiger partial charge in [-0.15, -0.1) is 0 Å². The molecule has 0 unspecified atom stereocenters. The van der Waals surface area contributed by atoms with Crippen LogP contribution in [0.4, 0.5) is 14.9 Å². The van der Waals surface area contributed by atoms with Crippen LogP contribution < -0.4 is 11.1 Å². The molecular formula is C21H32BFN2O4. The van der Waals surface area contributed by atoms with Gasteiger partial charge in [0.15, 0.2) is 0 Å². The Morgan fingerprint density at radius 3 is 2.31 bits per heavy atom. The average Bonchev–Trinajstić information content (AvgIpc) is 2.74. The van der Waals surface area contributed by atoms with Gasteiger partial charge in [-0.2, -0.15) is 0 Å². The van der Waals surface area contributed by atoms with E-state index in [0.29, 0.717) is 22.3 Å². The zero-order valence-corrected chi connectivity index (χ0v) is 18.6. The maximum Gasteiger partial charge on any atom is 0.492 e. The number of carbonyl (C=O) groups is 1. The van der Waals surface area contributed by atoms with Gasteiger partial charge in [0.25, 0.3) is 0 Å². The van der Waals surface area contributed by atoms with E-state index in [1.54, 1.807) is 33.8 Å². The van der Waals surface area contributed by atoms with Crippen molar-refractivity contribution in [2.75, 3.05) is 12.3 Å². The van der Waals surface area contributed by atoms with Crippen LogP contribution in [0.3, 0.4) is 0 Å². The fourth-order valence-corrected chi connectivity index (χ4v) is 2.78. The highest BCUT2D eigenvalue weighted by Gasteiger charge is 2.52. The fraction of sp³-hybridized carbons (Fsp3) is 0.571. The van der Waals surface area contributed by atoms with Crippen LogP contribution in [0.2, 0.25) is 0 Å². The largest absolute Gasteiger partial charge is 0.492 e. The van der Waals surface area contributed by atoms with Gasteiger partial charge in [0.2, 0.25) is 0 Å². The zero-order valence-electron chi connectivity index (χ0n) is 18.6. The fourth-order valence-electron chi connectivity index (χ4n) is 2.78. The van der Waals surface area contributed by atoms with Gasteiger partial charge in [0.1, 0.15) is 11.4 Å². The predicted molar refractivity (Wildman–Crippen MR) is 114 cm³/mol. The smallest absolute Gasteiger partial charge is 0.444 e. The lowest BCUT2D eigenvalue weighted by atomic mass is 9.76. The molecule has 0 atom stereocenters. The minimum Gasteiger partial charge on any atom is -0.444 e. The van der Waals surface area contributed by atoms with E-state index in [2.05, 4.69) is 5.32 Å². The highest BCUT2D eigenvalue weighted by atomic mass is 19.1. The van der Waals surface area contributed by atoms with Crippen molar-refractivity contribution in [2.45, 2.75) is 72.2 Å². The summed E-state index contributed by atoms with van der Waals surface area (Å²) in [5, 5.41) is 2.72. The molecule has 1 amide bonds. The van der Waals surface area contributed by atoms with Gasteiger partial charge < -0.3 is 25.1 Å². The molecule has 0 radical (unpaired) electrons. The van der Waals surface area contributed by atoms with Crippen molar-refractivity contribution in [3.63, 3.8) is 0 Å². The Balaban J connectivity index is 2.35. The minimum absolute atomic E-state index is 0.0980. The van der Waals surface area contributed by atoms with Gasteiger partial charge in [0.05, 0.1) is 11.2 Å². The summed E-state index contributed by atoms with van der Waals surface area (Å²) in [6.45, 7) is 14.9. The Bertz CT molecular complexity index is 800. The third-order valence-electron chi connectivity index (χ3n) is 5.12. The van der Waals surface area contributed by atoms with Gasteiger partial charge in [-0.3, -0.25) is 0 Å². The van der Waals surface area contributed by atoms with Crippen LogP contribution >= 0.6 is 0 Å². The number of hydrogen-bond donors (Lipinski definition) is 2. The highest BCUT2D eigenvalue weighted by Crippen LogP contribution is 2.39. The summed E-state index contributed by atoms with van der Waals surface area (Å²) < 4.78 is 31.5. The molecule has 29 heavy (non-hydrogen) atoms. The lowest BCUT2D eigenvalue weighted by Crippen LogP contribution is -2.41. The maximum atomic E-state index is 13.9. The first kappa shape index (κ1) is 23.2. The molecule has 0 saturated carbocycles. The van der Waals surface area contributed by atoms with Crippen LogP contribution in [0.5, 0.6) is 0 Å². The number of rotatable bonds is 4. The van der Waals surface area contributed by atoms with Gasteiger partial charge >= 0.3 is 13.2 Å². The Kier molecular flexibility index (Phi) is 6.40. The molecule has 1 aromatic rings. The van der Waals surface area contributed by atoms with E-state index in [0.717, 1.165) is 0 Å². The second-order valence-electron chi connectivity index (χ2n) is 9.39. The molecular weight excluding hydrogens is 374 g/mol. The molecule has 3 N–H and O–H groups in total. The number of alkyl carbamates (subject to hydrolysis) is 1. The molecule has 1 saturated heterocycles. The Labute approximate surface area is 173 Å². The van der Waals surface area contributed by atoms with Crippen molar-refractivity contribution in [3.8, 4) is 0 Å². The Hall–Kier alpha value is -2.06. The third kappa shape index (κ3) is 5.73. The molecule has 0 aromatic heterocycles. The van der Waals surface area contributed by atoms with E-state index < -0.39 is 35.8 Å². The van der Waals surface area contributed by atoms with Crippen molar-refractivity contribution in [3.05, 3.63) is 34.5 Å². The molecule has 1 fully saturated rings. The lowest BCUT2D eigenvalue weighted by Gasteiger charge is -2.32. The molecule has 8 heteroatoms. The summed E-state index contributed by atoms with van der Waals surface area (Å²) in [5.41, 5.74) is 6.58. The van der Waals surface area contributed by atoms with E-state index >= 15 is 0 Å². The quantitative estimate of drug-likeness (QED) is 0.577. The molecule has 2 rings (SSSR count). The number of amides is 1. The normalized spacial score (nSPS) is 18.7. The van der Waals surface area contributed by atoms with Crippen LogP contribution in [0.15, 0.2) is 17.6 Å². The first-order valence-electron chi connectivity index (χ1n) is 9.70. The zero-order chi connectivity index (χ0) is 22.2. The number of hydrogen-bond acceptors (Lipinski definition) is 5. The summed E-state index contributed by atoms with van der Waals surface area (Å²) in [6, 6.07) is 2.72. The van der Waals surface area contributed by atoms with E-state index in [9.17, 15) is 9.18 Å². The number of nitrogens with two attached hydrogens (primary N) is 1. The third-order valence-corrected chi connectivity index (χ3v) is 5.12. The van der Waals surface area contributed by atoms with E-state index in [1.165, 1.54) is 12.1 Å². The SMILES string of the molecule is Cc1cc(F)cc(C=C(CNC(=O)OC(C)(C)C)B2OC(C)(C)C(C)(C)O2)c1N. The predicted octanol–water partition coefficient (Wildman–Crippen LogP) is 4.26. The monoisotopic (exact) mass is 406 g/mol. The number of halogens is 1. The molecule has 0 aliphatic carbocycles. The first-order valence-corrected chi connectivity index (χ1v) is 9.70. The van der Waals surface area contributed by atoms with Gasteiger partial charge in [-0.05, 0) is 84.1 Å². The van der Waals surface area contributed by atoms with E-state index in [1.807, 2.05) is 27.7 Å². The average molecular weight is 406 g/mol. The van der Waals surface area contributed by atoms with Crippen molar-refractivity contribution < 1.29 is 23.2 Å². The second kappa shape index (κ2) is 7.99. The molecule has 0 bridgehead atoms. The number of carbonyl (C=O) groups excluding carboxylic acids is 1. The molecule has 1 aliphatic rings. The standard InChI is InChI=1S/C21H32BFN2O4/c1-13-9-16(23)11-14(17(13)24)10-15(12-25-18(26)27-19(2,3)4)22-28-20(5,6)21(7,8)29-22/h9-11H,12,24H2,1-8H3,(H,25,26). The molecule has 1 aliphatic heterocycles. The summed E-state index contributed by atoms with van der Waals surface area (Å²) in [7, 11) is -0.724. The highest BCUT2D eigenvalue weighted by molar-refractivity contribution is 6.56. The van der Waals surface area contributed by atoms with Gasteiger partial charge in [-0.1, -0.05) is 6.08 Å². The molecule has 1 heterocycles. The number of benzene rings is 1. The van der Waals surface area contributed by atoms with Crippen LogP contribution in [-0.4, -0.2) is 36.6 Å². The van der Waals surface area contributed by atoms with Crippen molar-refractivity contribution >= 4 is 25.0 Å². The number of nitrogen functional groups attached to an aromatic ring is 1. The van der Waals surface area contributed by atoms with E-state index in [4.69, 9.17) is 19.8 Å². The van der Waals surface area contributed by atoms with Crippen molar-refractivity contribution in [1.29, 1.82) is 0 Å². The lowest BCUT2D eigenvalue weighted by molar-refractivity contribution is 0.00578. The van der Waals surface area contributed by atoms with Crippen molar-refractivity contribution in [2.24, 2.45) is 0 Å². The number of ether oxygens (including phenoxy) is 1. The molecule has 0 spiro atoms. The summed E-state index contributed by atoms with van der Waals surface area (Å²) in [4.78, 5) is 12.1. The molecule has 6 nitrogen and oxygen atoms in total. The van der Waals surface area contributed by atoms with Crippen LogP contribution in [-0.2, 0) is 14.0 Å². The second-order valence-corrected chi connectivity index (χ2v) is 9.39. The van der Waals surface area contributed by atoms with Crippen molar-refractivity contribution in [1.82, 2.24) is 5.32 Å². The Morgan fingerprint density at radius 2 is 1.79 bits per heavy atom. The van der Waals surface area contributed by atoms with E-state index in [-0.39, 0.29) is 6.54 Å². The van der Waals surface area contributed by atoms with Crippen LogP contribution in [0, 0.1) is 12.7 Å². The first-order chi connectivity index (χ1) is 13.1. The number of nitrogens with one attached hydrogen (secondary N) is 1. The summed E-state index contributed by atoms with van der Waals surface area (Å²) >= 11 is 0. The molecule has 160 valence electrons. The Morgan fingerprint density at radius 1 is 1.24 bits per heavy atom.